The Labute approximate surface area is 86.5 Å². The number of carboxylic acid groups (broad SMARTS) is 2. The molecule has 12 heavy (non-hydrogen) atoms. The van der Waals surface area contributed by atoms with Crippen LogP contribution in [0.15, 0.2) is 0 Å². The molecule has 0 aliphatic carbocycles. The third-order valence-corrected chi connectivity index (χ3v) is 1.51. The summed E-state index contributed by atoms with van der Waals surface area (Å²) in [4.78, 5) is 20.3. The Balaban J connectivity index is 0. The number of carboxylic acids is 2. The van der Waals surface area contributed by atoms with Gasteiger partial charge in [0.1, 0.15) is 0 Å². The zero-order valence-electron chi connectivity index (χ0n) is 6.85. The fraction of sp³-hybridized carbons (Fsp3) is 0.714. The molecule has 0 N–H and O–H groups in total. The van der Waals surface area contributed by atoms with Crippen molar-refractivity contribution in [1.29, 1.82) is 0 Å². The summed E-state index contributed by atoms with van der Waals surface area (Å²) in [5, 5.41) is 20.3. The molecule has 0 saturated heterocycles. The fourth-order valence-electron chi connectivity index (χ4n) is 0.517. The van der Waals surface area contributed by atoms with E-state index in [1.54, 1.807) is 0 Å². The van der Waals surface area contributed by atoms with Gasteiger partial charge in [-0.05, 0) is 12.8 Å². The first-order valence-corrected chi connectivity index (χ1v) is 3.27. The van der Waals surface area contributed by atoms with E-state index in [0.717, 1.165) is 0 Å². The summed E-state index contributed by atoms with van der Waals surface area (Å²) >= 11 is 0. The number of carbonyl (C=O) groups excluding carboxylic acids is 2. The SMILES string of the molecule is CC(C)(CCC(=O)[O-])C(=O)[O-].[Ag+2]. The molecular formula is C7H10AgO4. The Bertz CT molecular complexity index is 176. The Kier molecular flexibility index (Phi) is 6.34. The van der Waals surface area contributed by atoms with E-state index in [4.69, 9.17) is 0 Å². The molecule has 0 aliphatic rings. The van der Waals surface area contributed by atoms with Crippen molar-refractivity contribution in [2.75, 3.05) is 0 Å². The van der Waals surface area contributed by atoms with Crippen molar-refractivity contribution in [1.82, 2.24) is 0 Å². The minimum Gasteiger partial charge on any atom is -0.550 e. The van der Waals surface area contributed by atoms with E-state index in [-0.39, 0.29) is 35.2 Å². The molecule has 0 spiro atoms. The number of hydrogen-bond donors (Lipinski definition) is 0. The van der Waals surface area contributed by atoms with Gasteiger partial charge in [0.2, 0.25) is 0 Å². The molecule has 0 heterocycles. The summed E-state index contributed by atoms with van der Waals surface area (Å²) in [6, 6.07) is 0. The molecule has 0 bridgehead atoms. The van der Waals surface area contributed by atoms with Crippen LogP contribution in [0.3, 0.4) is 0 Å². The molecule has 73 valence electrons. The van der Waals surface area contributed by atoms with Gasteiger partial charge in [0.25, 0.3) is 0 Å². The third kappa shape index (κ3) is 5.35. The number of carbonyl (C=O) groups is 2. The first kappa shape index (κ1) is 14.2. The molecule has 1 radical (unpaired) electrons. The summed E-state index contributed by atoms with van der Waals surface area (Å²) in [7, 11) is 0. The van der Waals surface area contributed by atoms with Crippen molar-refractivity contribution in [3.63, 3.8) is 0 Å². The van der Waals surface area contributed by atoms with Crippen LogP contribution in [0.25, 0.3) is 0 Å². The predicted octanol–water partition coefficient (Wildman–Crippen LogP) is -1.71. The van der Waals surface area contributed by atoms with Crippen LogP contribution >= 0.6 is 0 Å². The topological polar surface area (TPSA) is 80.3 Å². The first-order valence-electron chi connectivity index (χ1n) is 3.27. The predicted molar refractivity (Wildman–Crippen MR) is 33.0 cm³/mol. The summed E-state index contributed by atoms with van der Waals surface area (Å²) in [6.45, 7) is 2.84. The molecule has 0 aromatic rings. The van der Waals surface area contributed by atoms with Gasteiger partial charge in [-0.1, -0.05) is 13.8 Å². The van der Waals surface area contributed by atoms with Gasteiger partial charge in [-0.25, -0.2) is 0 Å². The van der Waals surface area contributed by atoms with E-state index in [1.165, 1.54) is 13.8 Å². The quantitative estimate of drug-likeness (QED) is 0.567. The van der Waals surface area contributed by atoms with Crippen molar-refractivity contribution >= 4 is 11.9 Å². The minimum atomic E-state index is -1.24. The van der Waals surface area contributed by atoms with Crippen molar-refractivity contribution in [3.05, 3.63) is 0 Å². The molecule has 0 saturated carbocycles. The third-order valence-electron chi connectivity index (χ3n) is 1.51. The zero-order chi connectivity index (χ0) is 9.07. The van der Waals surface area contributed by atoms with Gasteiger partial charge in [0.15, 0.2) is 0 Å². The molecule has 0 aromatic carbocycles. The van der Waals surface area contributed by atoms with E-state index in [9.17, 15) is 19.8 Å². The monoisotopic (exact) mass is 265 g/mol. The van der Waals surface area contributed by atoms with Crippen LogP contribution in [0.2, 0.25) is 0 Å². The van der Waals surface area contributed by atoms with Gasteiger partial charge in [-0.3, -0.25) is 0 Å². The standard InChI is InChI=1S/C7H12O4.Ag/c1-7(2,6(10)11)4-3-5(8)9;/h3-4H2,1-2H3,(H,8,9)(H,10,11);/q;+2/p-2. The van der Waals surface area contributed by atoms with Crippen LogP contribution in [0.1, 0.15) is 26.7 Å². The van der Waals surface area contributed by atoms with Crippen molar-refractivity contribution in [3.8, 4) is 0 Å². The maximum absolute atomic E-state index is 10.3. The molecule has 0 unspecified atom stereocenters. The summed E-state index contributed by atoms with van der Waals surface area (Å²) < 4.78 is 0. The van der Waals surface area contributed by atoms with Crippen LogP contribution in [-0.2, 0) is 32.0 Å². The van der Waals surface area contributed by atoms with Crippen LogP contribution in [0.4, 0.5) is 0 Å². The largest absolute Gasteiger partial charge is 2.00 e. The molecule has 0 aliphatic heterocycles. The molecule has 0 fully saturated rings. The van der Waals surface area contributed by atoms with Crippen LogP contribution in [0, 0.1) is 5.41 Å². The van der Waals surface area contributed by atoms with Crippen molar-refractivity contribution < 1.29 is 42.2 Å². The van der Waals surface area contributed by atoms with Crippen molar-refractivity contribution in [2.45, 2.75) is 26.7 Å². The van der Waals surface area contributed by atoms with Gasteiger partial charge >= 0.3 is 22.4 Å². The molecule has 0 amide bonds. The van der Waals surface area contributed by atoms with Gasteiger partial charge in [-0.15, -0.1) is 0 Å². The molecule has 5 heteroatoms. The number of hydrogen-bond acceptors (Lipinski definition) is 4. The second-order valence-corrected chi connectivity index (χ2v) is 3.04. The smallest absolute Gasteiger partial charge is 0.550 e. The fourth-order valence-corrected chi connectivity index (χ4v) is 0.517. The molecule has 4 nitrogen and oxygen atoms in total. The van der Waals surface area contributed by atoms with E-state index < -0.39 is 17.4 Å². The summed E-state index contributed by atoms with van der Waals surface area (Å²) in [5.74, 6) is -2.47. The van der Waals surface area contributed by atoms with E-state index in [2.05, 4.69) is 0 Å². The second-order valence-electron chi connectivity index (χ2n) is 3.04. The molecule has 0 rings (SSSR count). The van der Waals surface area contributed by atoms with Crippen LogP contribution in [-0.4, -0.2) is 11.9 Å². The van der Waals surface area contributed by atoms with Crippen LogP contribution in [0.5, 0.6) is 0 Å². The van der Waals surface area contributed by atoms with Gasteiger partial charge in [-0.2, -0.15) is 0 Å². The zero-order valence-corrected chi connectivity index (χ0v) is 8.33. The van der Waals surface area contributed by atoms with Gasteiger partial charge < -0.3 is 19.8 Å². The molecule has 0 atom stereocenters. The Morgan fingerprint density at radius 3 is 1.92 bits per heavy atom. The van der Waals surface area contributed by atoms with E-state index in [1.807, 2.05) is 0 Å². The maximum Gasteiger partial charge on any atom is 2.00 e. The van der Waals surface area contributed by atoms with Crippen LogP contribution < -0.4 is 10.2 Å². The molecule has 0 aromatic heterocycles. The average molecular weight is 266 g/mol. The molecular weight excluding hydrogens is 256 g/mol. The van der Waals surface area contributed by atoms with Crippen molar-refractivity contribution in [2.24, 2.45) is 5.41 Å². The Morgan fingerprint density at radius 2 is 1.67 bits per heavy atom. The Morgan fingerprint density at radius 1 is 1.25 bits per heavy atom. The van der Waals surface area contributed by atoms with E-state index in [0.29, 0.717) is 0 Å². The second kappa shape index (κ2) is 5.35. The first-order chi connectivity index (χ1) is 4.86. The Hall–Kier alpha value is -0.320. The number of aliphatic carboxylic acids is 2. The summed E-state index contributed by atoms with van der Waals surface area (Å²) in [5.41, 5.74) is -1.08. The minimum absolute atomic E-state index is 0. The summed E-state index contributed by atoms with van der Waals surface area (Å²) in [6.07, 6.45) is -0.210. The average Bonchev–Trinajstić information content (AvgIpc) is 1.84. The normalized spacial score (nSPS) is 10.2. The van der Waals surface area contributed by atoms with Gasteiger partial charge in [0.05, 0.1) is 0 Å². The van der Waals surface area contributed by atoms with E-state index >= 15 is 0 Å². The van der Waals surface area contributed by atoms with Gasteiger partial charge in [0, 0.05) is 17.4 Å². The number of rotatable bonds is 4. The maximum atomic E-state index is 10.3.